The van der Waals surface area contributed by atoms with Gasteiger partial charge in [-0.15, -0.1) is 0 Å². The number of nitrogen functional groups attached to an aromatic ring is 1. The smallest absolute Gasteiger partial charge is 0.338 e. The number of nitrogens with zero attached hydrogens (tertiary/aromatic N) is 1. The van der Waals surface area contributed by atoms with Gasteiger partial charge in [0.2, 0.25) is 0 Å². The molecule has 1 aromatic carbocycles. The van der Waals surface area contributed by atoms with E-state index in [2.05, 4.69) is 11.8 Å². The van der Waals surface area contributed by atoms with Crippen LogP contribution in [0.5, 0.6) is 0 Å². The molecule has 1 saturated carbocycles. The van der Waals surface area contributed by atoms with E-state index in [0.717, 1.165) is 11.6 Å². The van der Waals surface area contributed by atoms with Crippen LogP contribution in [-0.4, -0.2) is 25.7 Å². The molecule has 104 valence electrons. The van der Waals surface area contributed by atoms with Gasteiger partial charge in [-0.3, -0.25) is 0 Å². The van der Waals surface area contributed by atoms with Crippen molar-refractivity contribution in [1.82, 2.24) is 0 Å². The van der Waals surface area contributed by atoms with Gasteiger partial charge in [-0.1, -0.05) is 0 Å². The monoisotopic (exact) mass is 262 g/mol. The third kappa shape index (κ3) is 3.00. The normalized spacial score (nSPS) is 15.9. The molecule has 1 aliphatic carbocycles. The summed E-state index contributed by atoms with van der Waals surface area (Å²) < 4.78 is 5.02. The number of esters is 1. The zero-order valence-electron chi connectivity index (χ0n) is 11.8. The van der Waals surface area contributed by atoms with E-state index in [1.807, 2.05) is 13.1 Å². The number of nitrogens with two attached hydrogens (primary N) is 1. The molecule has 4 nitrogen and oxygen atoms in total. The van der Waals surface area contributed by atoms with E-state index in [-0.39, 0.29) is 5.97 Å². The summed E-state index contributed by atoms with van der Waals surface area (Å²) >= 11 is 0. The van der Waals surface area contributed by atoms with Gasteiger partial charge in [-0.05, 0) is 50.8 Å². The van der Waals surface area contributed by atoms with Gasteiger partial charge in [0.15, 0.2) is 0 Å². The zero-order valence-corrected chi connectivity index (χ0v) is 11.8. The number of carbonyl (C=O) groups is 1. The van der Waals surface area contributed by atoms with Gasteiger partial charge in [0.1, 0.15) is 0 Å². The van der Waals surface area contributed by atoms with Crippen LogP contribution < -0.4 is 10.6 Å². The fraction of sp³-hybridized carbons (Fsp3) is 0.533. The second kappa shape index (κ2) is 5.51. The molecule has 0 bridgehead atoms. The van der Waals surface area contributed by atoms with Crippen molar-refractivity contribution in [1.29, 1.82) is 0 Å². The first-order valence-electron chi connectivity index (χ1n) is 6.84. The predicted octanol–water partition coefficient (Wildman–Crippen LogP) is 2.68. The maximum Gasteiger partial charge on any atom is 0.338 e. The minimum Gasteiger partial charge on any atom is -0.462 e. The number of rotatable bonds is 5. The van der Waals surface area contributed by atoms with Crippen molar-refractivity contribution < 1.29 is 9.53 Å². The number of benzene rings is 1. The Morgan fingerprint density at radius 1 is 1.53 bits per heavy atom. The molecule has 0 heterocycles. The zero-order chi connectivity index (χ0) is 14.0. The summed E-state index contributed by atoms with van der Waals surface area (Å²) in [6.07, 6.45) is 2.56. The quantitative estimate of drug-likeness (QED) is 0.654. The highest BCUT2D eigenvalue weighted by Gasteiger charge is 2.31. The maximum atomic E-state index is 11.8. The first kappa shape index (κ1) is 13.7. The fourth-order valence-electron chi connectivity index (χ4n) is 2.30. The Labute approximate surface area is 114 Å². The van der Waals surface area contributed by atoms with Gasteiger partial charge in [-0.25, -0.2) is 4.79 Å². The Bertz CT molecular complexity index is 469. The summed E-state index contributed by atoms with van der Waals surface area (Å²) in [5.74, 6) is 0.451. The van der Waals surface area contributed by atoms with Crippen molar-refractivity contribution >= 4 is 17.3 Å². The van der Waals surface area contributed by atoms with Crippen LogP contribution in [0, 0.1) is 5.92 Å². The lowest BCUT2D eigenvalue weighted by Gasteiger charge is -2.28. The van der Waals surface area contributed by atoms with E-state index in [4.69, 9.17) is 10.5 Å². The summed E-state index contributed by atoms with van der Waals surface area (Å²) in [5, 5.41) is 0. The summed E-state index contributed by atoms with van der Waals surface area (Å²) in [7, 11) is 2.03. The molecule has 1 fully saturated rings. The maximum absolute atomic E-state index is 11.8. The largest absolute Gasteiger partial charge is 0.462 e. The molecule has 1 aliphatic rings. The van der Waals surface area contributed by atoms with Crippen molar-refractivity contribution in [3.8, 4) is 0 Å². The fourth-order valence-corrected chi connectivity index (χ4v) is 2.30. The van der Waals surface area contributed by atoms with E-state index in [1.165, 1.54) is 12.8 Å². The molecule has 2 rings (SSSR count). The minimum absolute atomic E-state index is 0.295. The third-order valence-corrected chi connectivity index (χ3v) is 3.84. The second-order valence-electron chi connectivity index (χ2n) is 5.18. The van der Waals surface area contributed by atoms with Gasteiger partial charge in [0.05, 0.1) is 23.5 Å². The number of hydrogen-bond acceptors (Lipinski definition) is 4. The molecule has 0 radical (unpaired) electrons. The average Bonchev–Trinajstić information content (AvgIpc) is 3.22. The molecule has 1 aromatic rings. The van der Waals surface area contributed by atoms with Gasteiger partial charge < -0.3 is 15.4 Å². The van der Waals surface area contributed by atoms with E-state index < -0.39 is 0 Å². The van der Waals surface area contributed by atoms with Crippen molar-refractivity contribution in [2.24, 2.45) is 5.92 Å². The molecule has 0 aromatic heterocycles. The minimum atomic E-state index is -0.295. The summed E-state index contributed by atoms with van der Waals surface area (Å²) in [5.41, 5.74) is 8.19. The standard InChI is InChI=1S/C15H22N2O2/c1-4-19-15(18)12-7-8-13(16)14(9-12)17(3)10(2)11-5-6-11/h7-11H,4-6,16H2,1-3H3. The lowest BCUT2D eigenvalue weighted by molar-refractivity contribution is 0.0526. The Morgan fingerprint density at radius 2 is 2.21 bits per heavy atom. The van der Waals surface area contributed by atoms with Gasteiger partial charge >= 0.3 is 5.97 Å². The molecule has 0 saturated heterocycles. The van der Waals surface area contributed by atoms with Crippen molar-refractivity contribution in [3.63, 3.8) is 0 Å². The first-order chi connectivity index (χ1) is 9.04. The summed E-state index contributed by atoms with van der Waals surface area (Å²) in [4.78, 5) is 13.9. The van der Waals surface area contributed by atoms with Crippen LogP contribution >= 0.6 is 0 Å². The predicted molar refractivity (Wildman–Crippen MR) is 77.4 cm³/mol. The van der Waals surface area contributed by atoms with Crippen LogP contribution in [0.1, 0.15) is 37.0 Å². The number of carbonyl (C=O) groups excluding carboxylic acids is 1. The highest BCUT2D eigenvalue weighted by molar-refractivity contribution is 5.92. The summed E-state index contributed by atoms with van der Waals surface area (Å²) in [6.45, 7) is 4.39. The number of ether oxygens (including phenoxy) is 1. The molecule has 0 spiro atoms. The molecule has 0 amide bonds. The highest BCUT2D eigenvalue weighted by Crippen LogP contribution is 2.37. The lowest BCUT2D eigenvalue weighted by Crippen LogP contribution is -2.31. The van der Waals surface area contributed by atoms with E-state index >= 15 is 0 Å². The Kier molecular flexibility index (Phi) is 3.98. The van der Waals surface area contributed by atoms with Crippen LogP contribution in [0.25, 0.3) is 0 Å². The van der Waals surface area contributed by atoms with Gasteiger partial charge in [0.25, 0.3) is 0 Å². The van der Waals surface area contributed by atoms with Crippen molar-refractivity contribution in [2.45, 2.75) is 32.7 Å². The number of anilines is 2. The van der Waals surface area contributed by atoms with Crippen LogP contribution in [-0.2, 0) is 4.74 Å². The van der Waals surface area contributed by atoms with Crippen LogP contribution in [0.4, 0.5) is 11.4 Å². The van der Waals surface area contributed by atoms with Crippen LogP contribution in [0.2, 0.25) is 0 Å². The number of hydrogen-bond donors (Lipinski definition) is 1. The summed E-state index contributed by atoms with van der Waals surface area (Å²) in [6, 6.07) is 5.76. The van der Waals surface area contributed by atoms with Gasteiger partial charge in [-0.2, -0.15) is 0 Å². The molecule has 1 atom stereocenters. The molecule has 2 N–H and O–H groups in total. The van der Waals surface area contributed by atoms with Crippen LogP contribution in [0.3, 0.4) is 0 Å². The molecule has 0 aliphatic heterocycles. The van der Waals surface area contributed by atoms with Crippen molar-refractivity contribution in [2.75, 3.05) is 24.3 Å². The van der Waals surface area contributed by atoms with E-state index in [0.29, 0.717) is 23.9 Å². The van der Waals surface area contributed by atoms with E-state index in [1.54, 1.807) is 19.1 Å². The Hall–Kier alpha value is -1.71. The molecule has 19 heavy (non-hydrogen) atoms. The van der Waals surface area contributed by atoms with Gasteiger partial charge in [0, 0.05) is 13.1 Å². The van der Waals surface area contributed by atoms with E-state index in [9.17, 15) is 4.79 Å². The second-order valence-corrected chi connectivity index (χ2v) is 5.18. The molecular formula is C15H22N2O2. The molecule has 4 heteroatoms. The Balaban J connectivity index is 2.23. The highest BCUT2D eigenvalue weighted by atomic mass is 16.5. The first-order valence-corrected chi connectivity index (χ1v) is 6.84. The van der Waals surface area contributed by atoms with Crippen molar-refractivity contribution in [3.05, 3.63) is 23.8 Å². The lowest BCUT2D eigenvalue weighted by atomic mass is 10.1. The Morgan fingerprint density at radius 3 is 2.79 bits per heavy atom. The third-order valence-electron chi connectivity index (χ3n) is 3.84. The molecular weight excluding hydrogens is 240 g/mol. The average molecular weight is 262 g/mol. The topological polar surface area (TPSA) is 55.6 Å². The SMILES string of the molecule is CCOC(=O)c1ccc(N)c(N(C)C(C)C2CC2)c1. The molecule has 1 unspecified atom stereocenters. The van der Waals surface area contributed by atoms with Crippen LogP contribution in [0.15, 0.2) is 18.2 Å².